The summed E-state index contributed by atoms with van der Waals surface area (Å²) < 4.78 is 0. The lowest BCUT2D eigenvalue weighted by atomic mass is 9.78. The van der Waals surface area contributed by atoms with Crippen LogP contribution in [-0.2, 0) is 4.79 Å². The molecule has 0 radical (unpaired) electrons. The molecule has 0 amide bonds. The van der Waals surface area contributed by atoms with Crippen molar-refractivity contribution in [3.63, 3.8) is 0 Å². The Bertz CT molecular complexity index is 271. The molecule has 0 bridgehead atoms. The van der Waals surface area contributed by atoms with E-state index >= 15 is 0 Å². The molecular formula is C15H28O3. The number of aliphatic carboxylic acids is 1. The van der Waals surface area contributed by atoms with E-state index < -0.39 is 5.97 Å². The summed E-state index contributed by atoms with van der Waals surface area (Å²) >= 11 is 0. The fourth-order valence-corrected chi connectivity index (χ4v) is 2.27. The third kappa shape index (κ3) is 7.49. The van der Waals surface area contributed by atoms with Crippen LogP contribution in [0.15, 0.2) is 12.2 Å². The molecule has 18 heavy (non-hydrogen) atoms. The van der Waals surface area contributed by atoms with Gasteiger partial charge in [-0.25, -0.2) is 0 Å². The second-order valence-electron chi connectivity index (χ2n) is 5.93. The maximum atomic E-state index is 9.81. The van der Waals surface area contributed by atoms with Crippen molar-refractivity contribution in [1.82, 2.24) is 0 Å². The van der Waals surface area contributed by atoms with E-state index in [9.17, 15) is 9.90 Å². The van der Waals surface area contributed by atoms with Crippen molar-refractivity contribution < 1.29 is 15.0 Å². The smallest absolute Gasteiger partial charge is 0.303 e. The molecular weight excluding hydrogens is 228 g/mol. The van der Waals surface area contributed by atoms with Crippen LogP contribution in [0.25, 0.3) is 0 Å². The molecule has 3 heteroatoms. The number of hydrogen-bond donors (Lipinski definition) is 2. The minimum absolute atomic E-state index is 0.128. The predicted molar refractivity (Wildman–Crippen MR) is 74.4 cm³/mol. The van der Waals surface area contributed by atoms with Gasteiger partial charge in [0.15, 0.2) is 0 Å². The normalized spacial score (nSPS) is 27.3. The van der Waals surface area contributed by atoms with Crippen LogP contribution in [-0.4, -0.2) is 22.3 Å². The highest BCUT2D eigenvalue weighted by molar-refractivity contribution is 5.66. The Morgan fingerprint density at radius 3 is 2.22 bits per heavy atom. The molecule has 0 aromatic rings. The number of rotatable bonds is 3. The average Bonchev–Trinajstić information content (AvgIpc) is 2.14. The molecule has 1 aliphatic rings. The summed E-state index contributed by atoms with van der Waals surface area (Å²) in [7, 11) is 0. The Morgan fingerprint density at radius 1 is 1.39 bits per heavy atom. The second kappa shape index (κ2) is 8.30. The molecule has 2 N–H and O–H groups in total. The third-order valence-corrected chi connectivity index (χ3v) is 3.29. The maximum Gasteiger partial charge on any atom is 0.303 e. The maximum absolute atomic E-state index is 9.81. The Kier molecular flexibility index (Phi) is 7.92. The lowest BCUT2D eigenvalue weighted by Gasteiger charge is -2.31. The van der Waals surface area contributed by atoms with Crippen molar-refractivity contribution in [1.29, 1.82) is 0 Å². The number of aliphatic hydroxyl groups is 1. The topological polar surface area (TPSA) is 57.5 Å². The molecule has 106 valence electrons. The van der Waals surface area contributed by atoms with Crippen LogP contribution < -0.4 is 0 Å². The summed E-state index contributed by atoms with van der Waals surface area (Å²) in [6.45, 7) is 11.9. The first kappa shape index (κ1) is 17.2. The van der Waals surface area contributed by atoms with Gasteiger partial charge in [0, 0.05) is 12.3 Å². The predicted octanol–water partition coefficient (Wildman–Crippen LogP) is 3.48. The minimum Gasteiger partial charge on any atom is -0.481 e. The summed E-state index contributed by atoms with van der Waals surface area (Å²) in [5, 5.41) is 17.7. The molecule has 1 saturated carbocycles. The highest BCUT2D eigenvalue weighted by Crippen LogP contribution is 2.32. The SMILES string of the molecule is C=C(C)[C@@H]1CC[C@@H](C)C[C@H]1O.CC(C)CC(=O)O. The number of hydrogen-bond acceptors (Lipinski definition) is 2. The summed E-state index contributed by atoms with van der Waals surface area (Å²) in [5.41, 5.74) is 1.14. The Hall–Kier alpha value is -0.830. The molecule has 0 aromatic carbocycles. The van der Waals surface area contributed by atoms with Gasteiger partial charge in [-0.1, -0.05) is 32.9 Å². The third-order valence-electron chi connectivity index (χ3n) is 3.29. The van der Waals surface area contributed by atoms with Gasteiger partial charge >= 0.3 is 5.97 Å². The van der Waals surface area contributed by atoms with Crippen molar-refractivity contribution in [3.8, 4) is 0 Å². The fraction of sp³-hybridized carbons (Fsp3) is 0.800. The first-order valence-corrected chi connectivity index (χ1v) is 6.79. The van der Waals surface area contributed by atoms with E-state index in [1.165, 1.54) is 6.42 Å². The number of carboxylic acids is 1. The molecule has 0 spiro atoms. The van der Waals surface area contributed by atoms with Gasteiger partial charge in [-0.3, -0.25) is 4.79 Å². The second-order valence-corrected chi connectivity index (χ2v) is 5.93. The standard InChI is InChI=1S/C10H18O.C5H10O2/c1-7(2)9-5-4-8(3)6-10(9)11;1-4(2)3-5(6)7/h8-11H,1,4-6H2,2-3H3;4H,3H2,1-2H3,(H,6,7)/t8-,9+,10-;/m1./s1. The fourth-order valence-electron chi connectivity index (χ4n) is 2.27. The van der Waals surface area contributed by atoms with Crippen LogP contribution in [0.5, 0.6) is 0 Å². The Balaban J connectivity index is 0.000000360. The molecule has 3 nitrogen and oxygen atoms in total. The molecule has 1 fully saturated rings. The van der Waals surface area contributed by atoms with Crippen LogP contribution in [0.4, 0.5) is 0 Å². The van der Waals surface area contributed by atoms with E-state index in [0.717, 1.165) is 18.4 Å². The zero-order chi connectivity index (χ0) is 14.3. The van der Waals surface area contributed by atoms with Crippen LogP contribution in [0, 0.1) is 17.8 Å². The first-order valence-electron chi connectivity index (χ1n) is 6.79. The van der Waals surface area contributed by atoms with E-state index in [4.69, 9.17) is 5.11 Å². The summed E-state index contributed by atoms with van der Waals surface area (Å²) in [6.07, 6.45) is 3.47. The highest BCUT2D eigenvalue weighted by Gasteiger charge is 2.26. The van der Waals surface area contributed by atoms with Gasteiger partial charge in [-0.15, -0.1) is 0 Å². The molecule has 0 unspecified atom stereocenters. The van der Waals surface area contributed by atoms with Gasteiger partial charge in [-0.2, -0.15) is 0 Å². The van der Waals surface area contributed by atoms with E-state index in [2.05, 4.69) is 13.5 Å². The molecule has 1 aliphatic carbocycles. The van der Waals surface area contributed by atoms with Crippen LogP contribution in [0.2, 0.25) is 0 Å². The molecule has 0 aliphatic heterocycles. The quantitative estimate of drug-likeness (QED) is 0.760. The molecule has 1 rings (SSSR count). The van der Waals surface area contributed by atoms with Crippen molar-refractivity contribution in [3.05, 3.63) is 12.2 Å². The molecule has 0 saturated heterocycles. The van der Waals surface area contributed by atoms with Crippen molar-refractivity contribution >= 4 is 5.97 Å². The summed E-state index contributed by atoms with van der Waals surface area (Å²) in [4.78, 5) is 9.81. The van der Waals surface area contributed by atoms with Crippen molar-refractivity contribution in [2.75, 3.05) is 0 Å². The monoisotopic (exact) mass is 256 g/mol. The van der Waals surface area contributed by atoms with Gasteiger partial charge < -0.3 is 10.2 Å². The zero-order valence-corrected chi connectivity index (χ0v) is 12.1. The number of carboxylic acid groups (broad SMARTS) is 1. The largest absolute Gasteiger partial charge is 0.481 e. The summed E-state index contributed by atoms with van der Waals surface area (Å²) in [6, 6.07) is 0. The van der Waals surface area contributed by atoms with Crippen LogP contribution in [0.3, 0.4) is 0 Å². The zero-order valence-electron chi connectivity index (χ0n) is 12.1. The van der Waals surface area contributed by atoms with Gasteiger partial charge in [0.2, 0.25) is 0 Å². The Labute approximate surface area is 111 Å². The lowest BCUT2D eigenvalue weighted by molar-refractivity contribution is -0.137. The van der Waals surface area contributed by atoms with Gasteiger partial charge in [0.1, 0.15) is 0 Å². The first-order chi connectivity index (χ1) is 8.23. The summed E-state index contributed by atoms with van der Waals surface area (Å²) in [5.74, 6) is 0.624. The van der Waals surface area contributed by atoms with E-state index in [-0.39, 0.29) is 18.4 Å². The van der Waals surface area contributed by atoms with Crippen molar-refractivity contribution in [2.45, 2.75) is 59.5 Å². The van der Waals surface area contributed by atoms with Gasteiger partial charge in [-0.05, 0) is 38.0 Å². The minimum atomic E-state index is -0.713. The molecule has 3 atom stereocenters. The van der Waals surface area contributed by atoms with Gasteiger partial charge in [0.05, 0.1) is 6.10 Å². The number of aliphatic hydroxyl groups excluding tert-OH is 1. The highest BCUT2D eigenvalue weighted by atomic mass is 16.4. The average molecular weight is 256 g/mol. The van der Waals surface area contributed by atoms with E-state index in [1.54, 1.807) is 0 Å². The van der Waals surface area contributed by atoms with Crippen LogP contribution in [0.1, 0.15) is 53.4 Å². The van der Waals surface area contributed by atoms with Gasteiger partial charge in [0.25, 0.3) is 0 Å². The van der Waals surface area contributed by atoms with E-state index in [0.29, 0.717) is 11.8 Å². The van der Waals surface area contributed by atoms with Crippen molar-refractivity contribution in [2.24, 2.45) is 17.8 Å². The lowest BCUT2D eigenvalue weighted by Crippen LogP contribution is -2.28. The number of carbonyl (C=O) groups is 1. The van der Waals surface area contributed by atoms with E-state index in [1.807, 2.05) is 20.8 Å². The molecule has 0 heterocycles. The molecule has 0 aromatic heterocycles. The Morgan fingerprint density at radius 2 is 1.94 bits per heavy atom. The van der Waals surface area contributed by atoms with Crippen LogP contribution >= 0.6 is 0 Å².